The van der Waals surface area contributed by atoms with Crippen molar-refractivity contribution in [3.63, 3.8) is 0 Å². The van der Waals surface area contributed by atoms with E-state index >= 15 is 0 Å². The first-order valence-corrected chi connectivity index (χ1v) is 12.8. The van der Waals surface area contributed by atoms with Crippen molar-refractivity contribution in [1.82, 2.24) is 4.90 Å². The van der Waals surface area contributed by atoms with Crippen LogP contribution in [0, 0.1) is 5.82 Å². The monoisotopic (exact) mass is 508 g/mol. The number of halogens is 1. The Morgan fingerprint density at radius 2 is 1.53 bits per heavy atom. The molecule has 2 aliphatic rings. The second-order valence-electron chi connectivity index (χ2n) is 9.76. The number of rotatable bonds is 5. The molecule has 4 aromatic carbocycles. The normalized spacial score (nSPS) is 15.4. The molecule has 2 heterocycles. The Bertz CT molecular complexity index is 1450. The van der Waals surface area contributed by atoms with Crippen molar-refractivity contribution in [2.45, 2.75) is 6.54 Å². The summed E-state index contributed by atoms with van der Waals surface area (Å²) in [7, 11) is 2.15. The Morgan fingerprint density at radius 1 is 0.816 bits per heavy atom. The van der Waals surface area contributed by atoms with Crippen LogP contribution in [0.4, 0.5) is 27.1 Å². The first-order chi connectivity index (χ1) is 18.5. The zero-order valence-corrected chi connectivity index (χ0v) is 21.2. The number of carbonyl (C=O) groups is 1. The summed E-state index contributed by atoms with van der Waals surface area (Å²) in [6, 6.07) is 27.6. The van der Waals surface area contributed by atoms with Crippen LogP contribution < -0.4 is 19.9 Å². The van der Waals surface area contributed by atoms with Crippen LogP contribution in [0.5, 0.6) is 11.5 Å². The maximum absolute atomic E-state index is 14.3. The molecule has 0 atom stereocenters. The number of fused-ring (bicyclic) bond motifs is 2. The summed E-state index contributed by atoms with van der Waals surface area (Å²) in [5.74, 6) is 0.634. The number of benzene rings is 4. The summed E-state index contributed by atoms with van der Waals surface area (Å²) in [5, 5.41) is 3.32. The van der Waals surface area contributed by atoms with Gasteiger partial charge >= 0.3 is 0 Å². The van der Waals surface area contributed by atoms with Crippen LogP contribution in [0.2, 0.25) is 0 Å². The minimum atomic E-state index is -0.397. The molecule has 0 saturated carbocycles. The number of carbonyl (C=O) groups excluding carboxylic acids is 1. The van der Waals surface area contributed by atoms with E-state index in [1.165, 1.54) is 17.8 Å². The summed E-state index contributed by atoms with van der Waals surface area (Å²) >= 11 is 0. The van der Waals surface area contributed by atoms with Gasteiger partial charge in [0.05, 0.1) is 29.2 Å². The fourth-order valence-electron chi connectivity index (χ4n) is 4.96. The Labute approximate surface area is 221 Å². The highest BCUT2D eigenvalue weighted by Crippen LogP contribution is 2.39. The van der Waals surface area contributed by atoms with Gasteiger partial charge in [0, 0.05) is 31.9 Å². The molecule has 38 heavy (non-hydrogen) atoms. The van der Waals surface area contributed by atoms with Crippen LogP contribution in [-0.2, 0) is 6.54 Å². The van der Waals surface area contributed by atoms with Crippen LogP contribution in [0.1, 0.15) is 15.9 Å². The van der Waals surface area contributed by atoms with Gasteiger partial charge in [0.25, 0.3) is 5.91 Å². The summed E-state index contributed by atoms with van der Waals surface area (Å²) < 4.78 is 20.4. The van der Waals surface area contributed by atoms with E-state index in [4.69, 9.17) is 4.74 Å². The molecule has 0 aromatic heterocycles. The molecule has 6 nitrogen and oxygen atoms in total. The van der Waals surface area contributed by atoms with Crippen LogP contribution in [0.25, 0.3) is 0 Å². The third-order valence-electron chi connectivity index (χ3n) is 7.11. The SMILES string of the molecule is CN1CCN(c2ccc(Oc3ccc4c(c3)C(=O)N(Cc3ccccc3)c3cc(F)ccc3N4)cc2)CC1. The van der Waals surface area contributed by atoms with E-state index in [1.807, 2.05) is 54.6 Å². The molecule has 0 radical (unpaired) electrons. The summed E-state index contributed by atoms with van der Waals surface area (Å²) in [6.07, 6.45) is 0. The zero-order chi connectivity index (χ0) is 26.1. The number of hydrogen-bond acceptors (Lipinski definition) is 5. The molecule has 0 bridgehead atoms. The summed E-state index contributed by atoms with van der Waals surface area (Å²) in [4.78, 5) is 20.2. The van der Waals surface area contributed by atoms with E-state index in [2.05, 4.69) is 34.3 Å². The predicted octanol–water partition coefficient (Wildman–Crippen LogP) is 6.27. The number of likely N-dealkylation sites (N-methyl/N-ethyl adjacent to an activating group) is 1. The average Bonchev–Trinajstić information content (AvgIpc) is 3.05. The zero-order valence-electron chi connectivity index (χ0n) is 21.2. The van der Waals surface area contributed by atoms with Gasteiger partial charge in [0.2, 0.25) is 0 Å². The maximum atomic E-state index is 14.3. The number of piperazine rings is 1. The number of amides is 1. The Hall–Kier alpha value is -4.36. The number of nitrogens with one attached hydrogen (secondary N) is 1. The summed E-state index contributed by atoms with van der Waals surface area (Å²) in [6.45, 7) is 4.42. The van der Waals surface area contributed by atoms with Gasteiger partial charge in [0.1, 0.15) is 17.3 Å². The van der Waals surface area contributed by atoms with Crippen molar-refractivity contribution in [3.05, 3.63) is 108 Å². The number of hydrogen-bond donors (Lipinski definition) is 1. The van der Waals surface area contributed by atoms with Gasteiger partial charge in [-0.2, -0.15) is 0 Å². The molecule has 2 aliphatic heterocycles. The highest BCUT2D eigenvalue weighted by atomic mass is 19.1. The standard InChI is InChI=1S/C31H29FN4O2/c1-34-15-17-35(18-16-34)24-8-10-25(11-9-24)38-26-12-14-28-27(20-26)31(37)36(21-22-5-3-2-4-6-22)30-19-23(32)7-13-29(30)33-28/h2-14,19-20,33H,15-18,21H2,1H3. The van der Waals surface area contributed by atoms with Crippen LogP contribution in [0.15, 0.2) is 91.0 Å². The van der Waals surface area contributed by atoms with E-state index in [0.717, 1.165) is 31.7 Å². The third kappa shape index (κ3) is 4.93. The smallest absolute Gasteiger partial charge is 0.260 e. The highest BCUT2D eigenvalue weighted by Gasteiger charge is 2.28. The molecule has 0 spiro atoms. The van der Waals surface area contributed by atoms with Crippen LogP contribution >= 0.6 is 0 Å². The van der Waals surface area contributed by atoms with E-state index in [1.54, 1.807) is 17.0 Å². The van der Waals surface area contributed by atoms with Crippen LogP contribution in [-0.4, -0.2) is 44.0 Å². The van der Waals surface area contributed by atoms with Gasteiger partial charge in [-0.05, 0) is 73.3 Å². The maximum Gasteiger partial charge on any atom is 0.260 e. The van der Waals surface area contributed by atoms with Gasteiger partial charge in [-0.3, -0.25) is 4.79 Å². The van der Waals surface area contributed by atoms with Crippen molar-refractivity contribution in [2.24, 2.45) is 0 Å². The van der Waals surface area contributed by atoms with E-state index in [0.29, 0.717) is 40.7 Å². The Balaban J connectivity index is 1.27. The third-order valence-corrected chi connectivity index (χ3v) is 7.11. The first kappa shape index (κ1) is 24.0. The lowest BCUT2D eigenvalue weighted by molar-refractivity contribution is 0.0986. The minimum absolute atomic E-state index is 0.225. The molecule has 4 aromatic rings. The van der Waals surface area contributed by atoms with Gasteiger partial charge in [-0.25, -0.2) is 4.39 Å². The van der Waals surface area contributed by atoms with Crippen molar-refractivity contribution < 1.29 is 13.9 Å². The Morgan fingerprint density at radius 3 is 2.29 bits per heavy atom. The molecule has 7 heteroatoms. The fraction of sp³-hybridized carbons (Fsp3) is 0.194. The van der Waals surface area contributed by atoms with Crippen molar-refractivity contribution >= 4 is 28.7 Å². The van der Waals surface area contributed by atoms with Gasteiger partial charge in [-0.1, -0.05) is 30.3 Å². The van der Waals surface area contributed by atoms with E-state index in [-0.39, 0.29) is 5.91 Å². The van der Waals surface area contributed by atoms with Gasteiger partial charge in [0.15, 0.2) is 0 Å². The van der Waals surface area contributed by atoms with E-state index < -0.39 is 5.82 Å². The lowest BCUT2D eigenvalue weighted by atomic mass is 10.1. The molecule has 1 saturated heterocycles. The molecular weight excluding hydrogens is 479 g/mol. The largest absolute Gasteiger partial charge is 0.457 e. The Kier molecular flexibility index (Phi) is 6.43. The number of nitrogens with zero attached hydrogens (tertiary/aromatic N) is 3. The topological polar surface area (TPSA) is 48.1 Å². The molecule has 1 N–H and O–H groups in total. The summed E-state index contributed by atoms with van der Waals surface area (Å²) in [5.41, 5.74) is 4.40. The fourth-order valence-corrected chi connectivity index (χ4v) is 4.96. The lowest BCUT2D eigenvalue weighted by Gasteiger charge is -2.34. The molecule has 0 unspecified atom stereocenters. The second kappa shape index (κ2) is 10.2. The molecule has 1 fully saturated rings. The molecular formula is C31H29FN4O2. The minimum Gasteiger partial charge on any atom is -0.457 e. The molecule has 1 amide bonds. The average molecular weight is 509 g/mol. The molecule has 192 valence electrons. The highest BCUT2D eigenvalue weighted by molar-refractivity contribution is 6.13. The molecule has 6 rings (SSSR count). The van der Waals surface area contributed by atoms with Crippen molar-refractivity contribution in [3.8, 4) is 11.5 Å². The van der Waals surface area contributed by atoms with Gasteiger partial charge < -0.3 is 24.8 Å². The quantitative estimate of drug-likeness (QED) is 0.344. The van der Waals surface area contributed by atoms with Crippen molar-refractivity contribution in [2.75, 3.05) is 48.3 Å². The van der Waals surface area contributed by atoms with Crippen molar-refractivity contribution in [1.29, 1.82) is 0 Å². The van der Waals surface area contributed by atoms with E-state index in [9.17, 15) is 9.18 Å². The van der Waals surface area contributed by atoms with Gasteiger partial charge in [-0.15, -0.1) is 0 Å². The number of ether oxygens (including phenoxy) is 1. The van der Waals surface area contributed by atoms with Crippen LogP contribution in [0.3, 0.4) is 0 Å². The predicted molar refractivity (Wildman–Crippen MR) is 149 cm³/mol. The first-order valence-electron chi connectivity index (χ1n) is 12.8. The lowest BCUT2D eigenvalue weighted by Crippen LogP contribution is -2.44. The second-order valence-corrected chi connectivity index (χ2v) is 9.76. The number of anilines is 4. The molecule has 0 aliphatic carbocycles.